The fourth-order valence-corrected chi connectivity index (χ4v) is 2.05. The highest BCUT2D eigenvalue weighted by molar-refractivity contribution is 6.34. The maximum absolute atomic E-state index is 11.0. The first-order chi connectivity index (χ1) is 11.2. The summed E-state index contributed by atoms with van der Waals surface area (Å²) in [5.41, 5.74) is 11.0. The second-order valence-corrected chi connectivity index (χ2v) is 5.23. The van der Waals surface area contributed by atoms with E-state index < -0.39 is 5.97 Å². The van der Waals surface area contributed by atoms with Crippen molar-refractivity contribution in [3.05, 3.63) is 32.3 Å². The lowest BCUT2D eigenvalue weighted by atomic mass is 10.3. The molecule has 0 aliphatic carbocycles. The van der Waals surface area contributed by atoms with Gasteiger partial charge >= 0.3 is 5.97 Å². The van der Waals surface area contributed by atoms with Crippen molar-refractivity contribution in [2.45, 2.75) is 6.61 Å². The molecule has 0 amide bonds. The number of methoxy groups -OCH3 is 1. The Hall–Kier alpha value is -1.65. The predicted octanol–water partition coefficient (Wildman–Crippen LogP) is 2.01. The van der Waals surface area contributed by atoms with Gasteiger partial charge in [0.2, 0.25) is 10.6 Å². The first-order valence-electron chi connectivity index (χ1n) is 5.86. The summed E-state index contributed by atoms with van der Waals surface area (Å²) in [5, 5.41) is 8.50. The van der Waals surface area contributed by atoms with E-state index in [-0.39, 0.29) is 50.2 Å². The molecule has 0 aliphatic heterocycles. The lowest BCUT2D eigenvalue weighted by molar-refractivity contribution is 0.0595. The maximum Gasteiger partial charge on any atom is 0.359 e. The Balaban J connectivity index is 0.000000243. The Kier molecular flexibility index (Phi) is 7.64. The Morgan fingerprint density at radius 2 is 1.50 bits per heavy atom. The number of halogens is 4. The molecule has 2 aromatic heterocycles. The number of aliphatic hydroxyl groups excluding tert-OH is 1. The second kappa shape index (κ2) is 9.00. The number of ether oxygens (including phenoxy) is 1. The molecule has 0 saturated heterocycles. The van der Waals surface area contributed by atoms with Crippen LogP contribution in [0.25, 0.3) is 0 Å². The number of aromatic nitrogens is 4. The Morgan fingerprint density at radius 3 is 2.00 bits per heavy atom. The lowest BCUT2D eigenvalue weighted by Gasteiger charge is -2.03. The SMILES string of the molecule is COC(=O)c1nc(Cl)nc(Cl)c1N.Nc1c(Cl)nc(Cl)nc1CO. The largest absolute Gasteiger partial charge is 0.464 e. The molecule has 0 unspecified atom stereocenters. The van der Waals surface area contributed by atoms with Crippen LogP contribution in [0.5, 0.6) is 0 Å². The third-order valence-electron chi connectivity index (χ3n) is 2.35. The van der Waals surface area contributed by atoms with Gasteiger partial charge in [0.15, 0.2) is 16.0 Å². The zero-order valence-electron chi connectivity index (χ0n) is 11.9. The van der Waals surface area contributed by atoms with Crippen LogP contribution in [0.15, 0.2) is 0 Å². The summed E-state index contributed by atoms with van der Waals surface area (Å²) in [5.74, 6) is -0.705. The number of hydrogen-bond acceptors (Lipinski definition) is 9. The highest BCUT2D eigenvalue weighted by Crippen LogP contribution is 2.21. The summed E-state index contributed by atoms with van der Waals surface area (Å²) in [6.45, 7) is -0.298. The van der Waals surface area contributed by atoms with E-state index in [1.165, 1.54) is 7.11 Å². The first kappa shape index (κ1) is 20.4. The predicted molar refractivity (Wildman–Crippen MR) is 90.2 cm³/mol. The topological polar surface area (TPSA) is 150 Å². The van der Waals surface area contributed by atoms with Gasteiger partial charge in [0.25, 0.3) is 0 Å². The molecule has 0 radical (unpaired) electrons. The third kappa shape index (κ3) is 5.18. The van der Waals surface area contributed by atoms with Crippen LogP contribution in [0.1, 0.15) is 16.2 Å². The number of esters is 1. The summed E-state index contributed by atoms with van der Waals surface area (Å²) >= 11 is 22.0. The van der Waals surface area contributed by atoms with E-state index in [0.717, 1.165) is 0 Å². The minimum Gasteiger partial charge on any atom is -0.464 e. The van der Waals surface area contributed by atoms with Crippen LogP contribution in [-0.4, -0.2) is 38.1 Å². The van der Waals surface area contributed by atoms with Crippen molar-refractivity contribution in [3.8, 4) is 0 Å². The molecule has 0 saturated carbocycles. The Labute approximate surface area is 155 Å². The van der Waals surface area contributed by atoms with Crippen molar-refractivity contribution in [1.82, 2.24) is 19.9 Å². The van der Waals surface area contributed by atoms with Crippen molar-refractivity contribution in [2.24, 2.45) is 0 Å². The average Bonchev–Trinajstić information content (AvgIpc) is 2.54. The van der Waals surface area contributed by atoms with E-state index in [4.69, 9.17) is 63.0 Å². The summed E-state index contributed by atoms with van der Waals surface area (Å²) in [4.78, 5) is 25.4. The zero-order valence-corrected chi connectivity index (χ0v) is 14.9. The van der Waals surface area contributed by atoms with Gasteiger partial charge in [-0.2, -0.15) is 0 Å². The van der Waals surface area contributed by atoms with E-state index in [9.17, 15) is 4.79 Å². The van der Waals surface area contributed by atoms with E-state index in [1.807, 2.05) is 0 Å². The molecule has 130 valence electrons. The van der Waals surface area contributed by atoms with E-state index in [0.29, 0.717) is 0 Å². The molecule has 13 heteroatoms. The molecule has 0 bridgehead atoms. The number of anilines is 2. The number of nitrogen functional groups attached to an aromatic ring is 2. The van der Waals surface area contributed by atoms with Gasteiger partial charge in [-0.25, -0.2) is 24.7 Å². The molecular weight excluding hydrogens is 406 g/mol. The third-order valence-corrected chi connectivity index (χ3v) is 3.27. The summed E-state index contributed by atoms with van der Waals surface area (Å²) in [7, 11) is 1.20. The van der Waals surface area contributed by atoms with Crippen molar-refractivity contribution < 1.29 is 14.6 Å². The highest BCUT2D eigenvalue weighted by atomic mass is 35.5. The minimum absolute atomic E-state index is 0.0201. The van der Waals surface area contributed by atoms with Gasteiger partial charge in [-0.3, -0.25) is 0 Å². The van der Waals surface area contributed by atoms with Crippen molar-refractivity contribution in [2.75, 3.05) is 18.6 Å². The van der Waals surface area contributed by atoms with Gasteiger partial charge in [-0.15, -0.1) is 0 Å². The number of nitrogens with zero attached hydrogens (tertiary/aromatic N) is 4. The van der Waals surface area contributed by atoms with Crippen LogP contribution in [-0.2, 0) is 11.3 Å². The molecule has 2 aromatic rings. The Bertz CT molecular complexity index is 761. The first-order valence-corrected chi connectivity index (χ1v) is 7.37. The number of carbonyl (C=O) groups excluding carboxylic acids is 1. The molecule has 0 fully saturated rings. The van der Waals surface area contributed by atoms with E-state index in [2.05, 4.69) is 24.7 Å². The maximum atomic E-state index is 11.0. The second-order valence-electron chi connectivity index (χ2n) is 3.84. The molecule has 2 heterocycles. The van der Waals surface area contributed by atoms with Gasteiger partial charge in [0.05, 0.1) is 25.1 Å². The van der Waals surface area contributed by atoms with Gasteiger partial charge in [-0.05, 0) is 23.2 Å². The van der Waals surface area contributed by atoms with Gasteiger partial charge < -0.3 is 21.3 Å². The molecule has 0 spiro atoms. The molecular formula is C11H10Cl4N6O3. The van der Waals surface area contributed by atoms with E-state index in [1.54, 1.807) is 0 Å². The number of carbonyl (C=O) groups is 1. The van der Waals surface area contributed by atoms with Crippen molar-refractivity contribution >= 4 is 63.7 Å². The number of nitrogens with two attached hydrogens (primary N) is 2. The molecule has 5 N–H and O–H groups in total. The fourth-order valence-electron chi connectivity index (χ4n) is 1.25. The minimum atomic E-state index is -0.705. The van der Waals surface area contributed by atoms with Crippen LogP contribution in [0.2, 0.25) is 20.9 Å². The molecule has 24 heavy (non-hydrogen) atoms. The Morgan fingerprint density at radius 1 is 1.00 bits per heavy atom. The van der Waals surface area contributed by atoms with E-state index >= 15 is 0 Å². The number of rotatable bonds is 2. The number of aliphatic hydroxyl groups is 1. The number of hydrogen-bond donors (Lipinski definition) is 3. The van der Waals surface area contributed by atoms with Gasteiger partial charge in [-0.1, -0.05) is 23.2 Å². The summed E-state index contributed by atoms with van der Waals surface area (Å²) in [6.07, 6.45) is 0. The average molecular weight is 416 g/mol. The standard InChI is InChI=1S/C6H5Cl2N3O2.C5H5Cl2N3O/c1-13-5(12)3-2(9)4(7)11-6(8)10-3;6-4-3(8)2(1-11)9-5(7)10-4/h9H2,1H3;11H,1,8H2. The van der Waals surface area contributed by atoms with Crippen LogP contribution in [0, 0.1) is 0 Å². The van der Waals surface area contributed by atoms with Crippen molar-refractivity contribution in [1.29, 1.82) is 0 Å². The van der Waals surface area contributed by atoms with Crippen LogP contribution in [0.4, 0.5) is 11.4 Å². The van der Waals surface area contributed by atoms with Crippen LogP contribution < -0.4 is 11.5 Å². The lowest BCUT2D eigenvalue weighted by Crippen LogP contribution is -2.10. The van der Waals surface area contributed by atoms with Gasteiger partial charge in [0, 0.05) is 0 Å². The molecule has 0 aromatic carbocycles. The fraction of sp³-hybridized carbons (Fsp3) is 0.182. The molecule has 0 aliphatic rings. The monoisotopic (exact) mass is 414 g/mol. The van der Waals surface area contributed by atoms with Crippen LogP contribution >= 0.6 is 46.4 Å². The molecule has 9 nitrogen and oxygen atoms in total. The molecule has 0 atom stereocenters. The molecule has 2 rings (SSSR count). The highest BCUT2D eigenvalue weighted by Gasteiger charge is 2.16. The van der Waals surface area contributed by atoms with Crippen LogP contribution in [0.3, 0.4) is 0 Å². The smallest absolute Gasteiger partial charge is 0.359 e. The van der Waals surface area contributed by atoms with Gasteiger partial charge in [0.1, 0.15) is 5.69 Å². The summed E-state index contributed by atoms with van der Waals surface area (Å²) in [6, 6.07) is 0. The quantitative estimate of drug-likeness (QED) is 0.380. The normalized spacial score (nSPS) is 9.92. The van der Waals surface area contributed by atoms with Crippen molar-refractivity contribution in [3.63, 3.8) is 0 Å². The summed E-state index contributed by atoms with van der Waals surface area (Å²) < 4.78 is 4.40. The zero-order chi connectivity index (χ0) is 18.4.